The number of aryl methyl sites for hydroxylation is 2. The van der Waals surface area contributed by atoms with Crippen molar-refractivity contribution in [1.82, 2.24) is 0 Å². The first-order valence-electron chi connectivity index (χ1n) is 5.55. The van der Waals surface area contributed by atoms with E-state index in [4.69, 9.17) is 0 Å². The van der Waals surface area contributed by atoms with Crippen molar-refractivity contribution in [3.8, 4) is 0 Å². The monoisotopic (exact) mass is 205 g/mol. The molecule has 0 heteroatoms. The second kappa shape index (κ2) is 3.34. The van der Waals surface area contributed by atoms with Gasteiger partial charge in [0.2, 0.25) is 0 Å². The van der Waals surface area contributed by atoms with Crippen LogP contribution in [0.2, 0.25) is 0 Å². The van der Waals surface area contributed by atoms with Gasteiger partial charge in [0, 0.05) is 0 Å². The smallest absolute Gasteiger partial charge is 0.00141 e. The van der Waals surface area contributed by atoms with Crippen LogP contribution in [0.5, 0.6) is 0 Å². The Morgan fingerprint density at radius 3 is 1.69 bits per heavy atom. The van der Waals surface area contributed by atoms with Gasteiger partial charge in [-0.2, -0.15) is 0 Å². The fraction of sp³-hybridized carbons (Fsp3) is 0.125. The van der Waals surface area contributed by atoms with E-state index in [-0.39, 0.29) is 0 Å². The number of hydrogen-bond acceptors (Lipinski definition) is 0. The lowest BCUT2D eigenvalue weighted by atomic mass is 10.0. The van der Waals surface area contributed by atoms with Crippen molar-refractivity contribution >= 4 is 21.5 Å². The van der Waals surface area contributed by atoms with Crippen molar-refractivity contribution in [2.75, 3.05) is 0 Å². The summed E-state index contributed by atoms with van der Waals surface area (Å²) in [6.07, 6.45) is 0. The Balaban J connectivity index is 2.44. The highest BCUT2D eigenvalue weighted by atomic mass is 14.0. The van der Waals surface area contributed by atoms with Crippen LogP contribution in [-0.4, -0.2) is 0 Å². The predicted molar refractivity (Wildman–Crippen MR) is 69.8 cm³/mol. The summed E-state index contributed by atoms with van der Waals surface area (Å²) in [5, 5.41) is 4.94. The van der Waals surface area contributed by atoms with Gasteiger partial charge in [0.15, 0.2) is 0 Å². The molecular formula is C16H13. The van der Waals surface area contributed by atoms with Gasteiger partial charge in [-0.15, -0.1) is 0 Å². The molecule has 0 unspecified atom stereocenters. The maximum atomic E-state index is 3.49. The first-order chi connectivity index (χ1) is 7.72. The van der Waals surface area contributed by atoms with Gasteiger partial charge in [0.1, 0.15) is 0 Å². The van der Waals surface area contributed by atoms with E-state index in [0.29, 0.717) is 0 Å². The number of rotatable bonds is 0. The van der Waals surface area contributed by atoms with E-state index >= 15 is 0 Å². The van der Waals surface area contributed by atoms with Gasteiger partial charge in [-0.05, 0) is 47.5 Å². The summed E-state index contributed by atoms with van der Waals surface area (Å²) in [6.45, 7) is 4.24. The third-order valence-electron chi connectivity index (χ3n) is 3.00. The number of fused-ring (bicyclic) bond motifs is 2. The van der Waals surface area contributed by atoms with Crippen molar-refractivity contribution in [3.63, 3.8) is 0 Å². The van der Waals surface area contributed by atoms with Crippen molar-refractivity contribution in [1.29, 1.82) is 0 Å². The minimum Gasteiger partial charge on any atom is -0.0587 e. The Kier molecular flexibility index (Phi) is 1.97. The van der Waals surface area contributed by atoms with E-state index < -0.39 is 0 Å². The quantitative estimate of drug-likeness (QED) is 0.477. The van der Waals surface area contributed by atoms with Gasteiger partial charge in [0.25, 0.3) is 0 Å². The lowest BCUT2D eigenvalue weighted by Crippen LogP contribution is -1.80. The molecule has 0 fully saturated rings. The van der Waals surface area contributed by atoms with Crippen molar-refractivity contribution in [2.45, 2.75) is 13.8 Å². The second-order valence-corrected chi connectivity index (χ2v) is 4.45. The molecule has 0 aromatic heterocycles. The molecule has 0 aliphatic rings. The lowest BCUT2D eigenvalue weighted by molar-refractivity contribution is 1.50. The molecule has 77 valence electrons. The molecule has 0 amide bonds. The van der Waals surface area contributed by atoms with Crippen LogP contribution < -0.4 is 0 Å². The first-order valence-corrected chi connectivity index (χ1v) is 5.55. The molecule has 0 aliphatic carbocycles. The van der Waals surface area contributed by atoms with Crippen LogP contribution in [0.1, 0.15) is 11.1 Å². The summed E-state index contributed by atoms with van der Waals surface area (Å²) in [5.41, 5.74) is 2.58. The fourth-order valence-electron chi connectivity index (χ4n) is 2.12. The van der Waals surface area contributed by atoms with Crippen molar-refractivity contribution < 1.29 is 0 Å². The second-order valence-electron chi connectivity index (χ2n) is 4.45. The van der Waals surface area contributed by atoms with Crippen molar-refractivity contribution in [2.24, 2.45) is 0 Å². The summed E-state index contributed by atoms with van der Waals surface area (Å²) < 4.78 is 0. The molecule has 3 aromatic rings. The predicted octanol–water partition coefficient (Wildman–Crippen LogP) is 4.41. The average molecular weight is 205 g/mol. The van der Waals surface area contributed by atoms with E-state index in [0.717, 1.165) is 0 Å². The molecule has 0 saturated carbocycles. The van der Waals surface area contributed by atoms with Crippen LogP contribution >= 0.6 is 0 Å². The van der Waals surface area contributed by atoms with Crippen LogP contribution in [0.3, 0.4) is 0 Å². The molecule has 16 heavy (non-hydrogen) atoms. The maximum Gasteiger partial charge on any atom is -0.00141 e. The molecule has 0 bridgehead atoms. The van der Waals surface area contributed by atoms with Gasteiger partial charge in [0.05, 0.1) is 0 Å². The average Bonchev–Trinajstić information content (AvgIpc) is 2.26. The molecule has 1 radical (unpaired) electrons. The highest BCUT2D eigenvalue weighted by Crippen LogP contribution is 2.23. The van der Waals surface area contributed by atoms with Gasteiger partial charge < -0.3 is 0 Å². The van der Waals surface area contributed by atoms with Gasteiger partial charge in [-0.3, -0.25) is 0 Å². The maximum absolute atomic E-state index is 3.49. The summed E-state index contributed by atoms with van der Waals surface area (Å²) in [6, 6.07) is 18.7. The Hall–Kier alpha value is -1.82. The summed E-state index contributed by atoms with van der Waals surface area (Å²) in [7, 11) is 0. The van der Waals surface area contributed by atoms with E-state index in [9.17, 15) is 0 Å². The molecule has 0 atom stereocenters. The van der Waals surface area contributed by atoms with Crippen LogP contribution in [0, 0.1) is 19.9 Å². The van der Waals surface area contributed by atoms with Crippen LogP contribution in [0.25, 0.3) is 21.5 Å². The molecule has 3 aromatic carbocycles. The zero-order valence-corrected chi connectivity index (χ0v) is 9.54. The van der Waals surface area contributed by atoms with Crippen LogP contribution in [0.4, 0.5) is 0 Å². The largest absolute Gasteiger partial charge is 0.0587 e. The fourth-order valence-corrected chi connectivity index (χ4v) is 2.12. The molecule has 0 saturated heterocycles. The summed E-state index contributed by atoms with van der Waals surface area (Å²) >= 11 is 0. The minimum absolute atomic E-state index is 1.21. The highest BCUT2D eigenvalue weighted by molar-refractivity contribution is 5.97. The highest BCUT2D eigenvalue weighted by Gasteiger charge is 1.99. The van der Waals surface area contributed by atoms with Gasteiger partial charge in [-0.1, -0.05) is 47.5 Å². The van der Waals surface area contributed by atoms with Crippen LogP contribution in [0.15, 0.2) is 42.5 Å². The Morgan fingerprint density at radius 2 is 1.19 bits per heavy atom. The van der Waals surface area contributed by atoms with Crippen molar-refractivity contribution in [3.05, 3.63) is 59.7 Å². The molecule has 0 nitrogen and oxygen atoms in total. The third kappa shape index (κ3) is 1.47. The molecule has 0 spiro atoms. The number of benzene rings is 3. The Bertz CT molecular complexity index is 621. The molecule has 0 aliphatic heterocycles. The van der Waals surface area contributed by atoms with E-state index in [1.165, 1.54) is 32.7 Å². The van der Waals surface area contributed by atoms with E-state index in [1.54, 1.807) is 0 Å². The summed E-state index contributed by atoms with van der Waals surface area (Å²) in [5.74, 6) is 0. The Labute approximate surface area is 95.5 Å². The standard InChI is InChI=1S/C16H13/c1-11-3-5-13-9-14-6-4-12(2)8-16(14)10-15(13)7-11/h3-9H,1-2H3. The molecule has 0 heterocycles. The lowest BCUT2D eigenvalue weighted by Gasteiger charge is -2.03. The Morgan fingerprint density at radius 1 is 0.688 bits per heavy atom. The molecular weight excluding hydrogens is 192 g/mol. The van der Waals surface area contributed by atoms with Gasteiger partial charge >= 0.3 is 0 Å². The zero-order chi connectivity index (χ0) is 11.1. The molecule has 0 N–H and O–H groups in total. The third-order valence-corrected chi connectivity index (χ3v) is 3.00. The summed E-state index contributed by atoms with van der Waals surface area (Å²) in [4.78, 5) is 0. The topological polar surface area (TPSA) is 0 Å². The van der Waals surface area contributed by atoms with E-state index in [1.807, 2.05) is 0 Å². The first kappa shape index (κ1) is 9.41. The minimum atomic E-state index is 1.21. The van der Waals surface area contributed by atoms with E-state index in [2.05, 4.69) is 62.4 Å². The molecule has 3 rings (SSSR count). The number of hydrogen-bond donors (Lipinski definition) is 0. The van der Waals surface area contributed by atoms with Gasteiger partial charge in [-0.25, -0.2) is 0 Å². The zero-order valence-electron chi connectivity index (χ0n) is 9.54. The van der Waals surface area contributed by atoms with Crippen LogP contribution in [-0.2, 0) is 0 Å². The normalized spacial score (nSPS) is 11.1. The SMILES string of the molecule is Cc1ccc2cc3ccc(C)cc3[c]c2c1.